The van der Waals surface area contributed by atoms with Crippen molar-refractivity contribution in [1.82, 2.24) is 15.3 Å². The van der Waals surface area contributed by atoms with Crippen molar-refractivity contribution in [2.75, 3.05) is 6.61 Å². The third kappa shape index (κ3) is 3.65. The number of nitrogens with zero attached hydrogens (tertiary/aromatic N) is 1. The molecule has 1 aliphatic heterocycles. The van der Waals surface area contributed by atoms with Gasteiger partial charge in [0.05, 0.1) is 5.69 Å². The molecule has 0 aromatic carbocycles. The van der Waals surface area contributed by atoms with E-state index in [0.717, 1.165) is 25.1 Å². The second kappa shape index (κ2) is 5.20. The summed E-state index contributed by atoms with van der Waals surface area (Å²) in [4.78, 5) is 18.9. The number of aromatic amines is 1. The summed E-state index contributed by atoms with van der Waals surface area (Å²) in [5.41, 5.74) is 0.661. The lowest BCUT2D eigenvalue weighted by Gasteiger charge is -2.20. The van der Waals surface area contributed by atoms with Crippen molar-refractivity contribution >= 4 is 0 Å². The highest BCUT2D eigenvalue weighted by atomic mass is 16.5. The Morgan fingerprint density at radius 3 is 2.94 bits per heavy atom. The molecule has 1 atom stereocenters. The number of H-pyrrole nitrogens is 1. The Bertz CT molecular complexity index is 456. The van der Waals surface area contributed by atoms with Crippen molar-refractivity contribution in [2.24, 2.45) is 0 Å². The van der Waals surface area contributed by atoms with Crippen LogP contribution < -0.4 is 10.9 Å². The van der Waals surface area contributed by atoms with Gasteiger partial charge in [0.1, 0.15) is 11.9 Å². The molecular formula is C13H21N3O2. The molecule has 2 N–H and O–H groups in total. The lowest BCUT2D eigenvalue weighted by Crippen LogP contribution is -2.35. The summed E-state index contributed by atoms with van der Waals surface area (Å²) >= 11 is 0. The molecule has 2 rings (SSSR count). The fourth-order valence-electron chi connectivity index (χ4n) is 1.92. The molecule has 2 heterocycles. The van der Waals surface area contributed by atoms with Crippen molar-refractivity contribution in [3.8, 4) is 0 Å². The van der Waals surface area contributed by atoms with Crippen LogP contribution in [0, 0.1) is 0 Å². The van der Waals surface area contributed by atoms with Gasteiger partial charge in [0.2, 0.25) is 0 Å². The van der Waals surface area contributed by atoms with Crippen LogP contribution in [0.2, 0.25) is 0 Å². The van der Waals surface area contributed by atoms with E-state index in [2.05, 4.69) is 36.1 Å². The average Bonchev–Trinajstić information content (AvgIpc) is 2.78. The first-order valence-electron chi connectivity index (χ1n) is 6.41. The van der Waals surface area contributed by atoms with Crippen molar-refractivity contribution in [1.29, 1.82) is 0 Å². The van der Waals surface area contributed by atoms with Crippen LogP contribution in [0.25, 0.3) is 0 Å². The Balaban J connectivity index is 2.13. The van der Waals surface area contributed by atoms with Crippen LogP contribution >= 0.6 is 0 Å². The molecule has 0 aliphatic carbocycles. The first-order valence-corrected chi connectivity index (χ1v) is 6.41. The molecule has 18 heavy (non-hydrogen) atoms. The van der Waals surface area contributed by atoms with E-state index in [9.17, 15) is 4.79 Å². The maximum atomic E-state index is 11.6. The minimum absolute atomic E-state index is 0.00824. The number of hydrogen-bond acceptors (Lipinski definition) is 4. The Morgan fingerprint density at radius 1 is 1.56 bits per heavy atom. The standard InChI is InChI=1S/C13H21N3O2/c1-13(2,3)14-8-9-7-11(17)16-12(15-9)10-5-4-6-18-10/h7,10,14H,4-6,8H2,1-3H3,(H,15,16,17). The highest BCUT2D eigenvalue weighted by Gasteiger charge is 2.20. The smallest absolute Gasteiger partial charge is 0.251 e. The van der Waals surface area contributed by atoms with Gasteiger partial charge in [0, 0.05) is 24.8 Å². The molecule has 1 aliphatic rings. The second-order valence-corrected chi connectivity index (χ2v) is 5.73. The molecule has 1 aromatic rings. The molecule has 0 saturated carbocycles. The molecule has 0 radical (unpaired) electrons. The first kappa shape index (κ1) is 13.2. The van der Waals surface area contributed by atoms with E-state index in [1.165, 1.54) is 6.07 Å². The molecule has 5 nitrogen and oxygen atoms in total. The lowest BCUT2D eigenvalue weighted by molar-refractivity contribution is 0.104. The molecule has 0 amide bonds. The molecule has 1 aromatic heterocycles. The summed E-state index contributed by atoms with van der Waals surface area (Å²) in [6.45, 7) is 7.59. The van der Waals surface area contributed by atoms with Gasteiger partial charge in [-0.1, -0.05) is 0 Å². The van der Waals surface area contributed by atoms with Crippen LogP contribution in [-0.2, 0) is 11.3 Å². The van der Waals surface area contributed by atoms with Crippen LogP contribution in [0.15, 0.2) is 10.9 Å². The summed E-state index contributed by atoms with van der Waals surface area (Å²) in [7, 11) is 0. The van der Waals surface area contributed by atoms with E-state index in [4.69, 9.17) is 4.74 Å². The van der Waals surface area contributed by atoms with E-state index in [1.54, 1.807) is 0 Å². The quantitative estimate of drug-likeness (QED) is 0.854. The van der Waals surface area contributed by atoms with E-state index < -0.39 is 0 Å². The maximum Gasteiger partial charge on any atom is 0.251 e. The largest absolute Gasteiger partial charge is 0.370 e. The Hall–Kier alpha value is -1.20. The predicted octanol–water partition coefficient (Wildman–Crippen LogP) is 1.51. The van der Waals surface area contributed by atoms with Crippen molar-refractivity contribution in [3.63, 3.8) is 0 Å². The van der Waals surface area contributed by atoms with Gasteiger partial charge in [0.25, 0.3) is 5.56 Å². The third-order valence-corrected chi connectivity index (χ3v) is 2.85. The zero-order valence-electron chi connectivity index (χ0n) is 11.2. The number of hydrogen-bond donors (Lipinski definition) is 2. The van der Waals surface area contributed by atoms with Gasteiger partial charge in [-0.2, -0.15) is 0 Å². The van der Waals surface area contributed by atoms with E-state index >= 15 is 0 Å². The molecule has 0 bridgehead atoms. The van der Waals surface area contributed by atoms with Gasteiger partial charge in [-0.15, -0.1) is 0 Å². The minimum atomic E-state index is -0.110. The monoisotopic (exact) mass is 251 g/mol. The lowest BCUT2D eigenvalue weighted by atomic mass is 10.1. The van der Waals surface area contributed by atoms with Gasteiger partial charge in [-0.25, -0.2) is 4.98 Å². The normalized spacial score (nSPS) is 20.3. The van der Waals surface area contributed by atoms with Crippen LogP contribution in [-0.4, -0.2) is 22.1 Å². The van der Waals surface area contributed by atoms with Gasteiger partial charge in [-0.05, 0) is 33.6 Å². The highest BCUT2D eigenvalue weighted by Crippen LogP contribution is 2.25. The fourth-order valence-corrected chi connectivity index (χ4v) is 1.92. The topological polar surface area (TPSA) is 67.0 Å². The van der Waals surface area contributed by atoms with E-state index in [1.807, 2.05) is 0 Å². The van der Waals surface area contributed by atoms with E-state index in [0.29, 0.717) is 12.4 Å². The molecule has 1 unspecified atom stereocenters. The first-order chi connectivity index (χ1) is 8.44. The van der Waals surface area contributed by atoms with Crippen molar-refractivity contribution < 1.29 is 4.74 Å². The van der Waals surface area contributed by atoms with Crippen LogP contribution in [0.4, 0.5) is 0 Å². The van der Waals surface area contributed by atoms with Gasteiger partial charge in [0.15, 0.2) is 0 Å². The fraction of sp³-hybridized carbons (Fsp3) is 0.692. The summed E-state index contributed by atoms with van der Waals surface area (Å²) in [5, 5.41) is 3.33. The van der Waals surface area contributed by atoms with Crippen LogP contribution in [0.1, 0.15) is 51.2 Å². The number of rotatable bonds is 3. The summed E-state index contributed by atoms with van der Waals surface area (Å²) in [5.74, 6) is 0.658. The molecule has 0 spiro atoms. The summed E-state index contributed by atoms with van der Waals surface area (Å²) < 4.78 is 5.54. The predicted molar refractivity (Wildman–Crippen MR) is 69.4 cm³/mol. The minimum Gasteiger partial charge on any atom is -0.370 e. The molecule has 100 valence electrons. The zero-order chi connectivity index (χ0) is 13.2. The van der Waals surface area contributed by atoms with Crippen LogP contribution in [0.5, 0.6) is 0 Å². The van der Waals surface area contributed by atoms with Crippen molar-refractivity contribution in [3.05, 3.63) is 27.9 Å². The molecule has 5 heteroatoms. The molecular weight excluding hydrogens is 230 g/mol. The third-order valence-electron chi connectivity index (χ3n) is 2.85. The van der Waals surface area contributed by atoms with E-state index in [-0.39, 0.29) is 17.2 Å². The van der Waals surface area contributed by atoms with Gasteiger partial charge in [-0.3, -0.25) is 4.79 Å². The molecule has 1 fully saturated rings. The second-order valence-electron chi connectivity index (χ2n) is 5.73. The molecule has 1 saturated heterocycles. The van der Waals surface area contributed by atoms with Gasteiger partial charge < -0.3 is 15.0 Å². The number of nitrogens with one attached hydrogen (secondary N) is 2. The maximum absolute atomic E-state index is 11.6. The van der Waals surface area contributed by atoms with Crippen molar-refractivity contribution in [2.45, 2.75) is 51.8 Å². The zero-order valence-corrected chi connectivity index (χ0v) is 11.2. The highest BCUT2D eigenvalue weighted by molar-refractivity contribution is 5.05. The SMILES string of the molecule is CC(C)(C)NCc1cc(=O)[nH]c(C2CCCO2)n1. The summed E-state index contributed by atoms with van der Waals surface area (Å²) in [6.07, 6.45) is 1.91. The van der Waals surface area contributed by atoms with Gasteiger partial charge >= 0.3 is 0 Å². The van der Waals surface area contributed by atoms with Crippen LogP contribution in [0.3, 0.4) is 0 Å². The Morgan fingerprint density at radius 2 is 2.33 bits per heavy atom. The Kier molecular flexibility index (Phi) is 3.82. The summed E-state index contributed by atoms with van der Waals surface area (Å²) in [6, 6.07) is 1.54. The number of ether oxygens (including phenoxy) is 1. The number of aromatic nitrogens is 2. The Labute approximate surface area is 107 Å². The average molecular weight is 251 g/mol.